The van der Waals surface area contributed by atoms with E-state index in [1.54, 1.807) is 0 Å². The van der Waals surface area contributed by atoms with Crippen LogP contribution in [0.15, 0.2) is 0 Å². The van der Waals surface area contributed by atoms with Gasteiger partial charge in [-0.05, 0) is 57.0 Å². The first-order chi connectivity index (χ1) is 8.24. The Morgan fingerprint density at radius 3 is 2.71 bits per heavy atom. The Hall–Kier alpha value is -0.0800. The molecular weight excluding hydrogens is 210 g/mol. The second-order valence-electron chi connectivity index (χ2n) is 5.84. The Morgan fingerprint density at radius 1 is 1.24 bits per heavy atom. The zero-order valence-electron chi connectivity index (χ0n) is 12.0. The van der Waals surface area contributed by atoms with Gasteiger partial charge in [-0.25, -0.2) is 0 Å². The number of nitrogens with one attached hydrogen (secondary N) is 1. The van der Waals surface area contributed by atoms with Crippen molar-refractivity contribution >= 4 is 0 Å². The third-order valence-electron chi connectivity index (χ3n) is 3.84. The molecule has 2 nitrogen and oxygen atoms in total. The summed E-state index contributed by atoms with van der Waals surface area (Å²) in [6.45, 7) is 10.9. The molecule has 0 saturated heterocycles. The van der Waals surface area contributed by atoms with Crippen LogP contribution in [0.5, 0.6) is 0 Å². The molecule has 1 saturated carbocycles. The van der Waals surface area contributed by atoms with Crippen LogP contribution in [0.4, 0.5) is 0 Å². The van der Waals surface area contributed by atoms with Crippen molar-refractivity contribution < 1.29 is 4.74 Å². The molecular formula is C15H31NO. The quantitative estimate of drug-likeness (QED) is 0.624. The highest BCUT2D eigenvalue weighted by molar-refractivity contribution is 4.79. The second kappa shape index (κ2) is 8.93. The molecule has 102 valence electrons. The highest BCUT2D eigenvalue weighted by Gasteiger charge is 2.26. The van der Waals surface area contributed by atoms with Crippen molar-refractivity contribution in [3.05, 3.63) is 0 Å². The zero-order valence-corrected chi connectivity index (χ0v) is 12.0. The molecule has 1 fully saturated rings. The Balaban J connectivity index is 2.10. The number of hydrogen-bond acceptors (Lipinski definition) is 2. The van der Waals surface area contributed by atoms with Crippen LogP contribution in [0.2, 0.25) is 0 Å². The molecule has 0 aliphatic heterocycles. The van der Waals surface area contributed by atoms with Crippen molar-refractivity contribution in [2.45, 2.75) is 52.9 Å². The van der Waals surface area contributed by atoms with Crippen LogP contribution in [0, 0.1) is 17.8 Å². The molecule has 0 aromatic carbocycles. The number of rotatable bonds is 9. The number of hydrogen-bond donors (Lipinski definition) is 1. The van der Waals surface area contributed by atoms with Gasteiger partial charge >= 0.3 is 0 Å². The van der Waals surface area contributed by atoms with E-state index in [9.17, 15) is 0 Å². The van der Waals surface area contributed by atoms with E-state index >= 15 is 0 Å². The summed E-state index contributed by atoms with van der Waals surface area (Å²) in [5, 5.41) is 3.63. The lowest BCUT2D eigenvalue weighted by Gasteiger charge is -2.20. The summed E-state index contributed by atoms with van der Waals surface area (Å²) < 4.78 is 5.43. The van der Waals surface area contributed by atoms with Crippen molar-refractivity contribution in [3.8, 4) is 0 Å². The molecule has 2 atom stereocenters. The Labute approximate surface area is 108 Å². The average Bonchev–Trinajstić information content (AvgIpc) is 2.72. The fraction of sp³-hybridized carbons (Fsp3) is 1.00. The van der Waals surface area contributed by atoms with Gasteiger partial charge in [-0.2, -0.15) is 0 Å². The van der Waals surface area contributed by atoms with Crippen molar-refractivity contribution in [2.75, 3.05) is 26.3 Å². The van der Waals surface area contributed by atoms with Gasteiger partial charge in [0, 0.05) is 13.2 Å². The summed E-state index contributed by atoms with van der Waals surface area (Å²) in [6.07, 6.45) is 6.94. The van der Waals surface area contributed by atoms with Crippen molar-refractivity contribution in [1.29, 1.82) is 0 Å². The molecule has 0 radical (unpaired) electrons. The van der Waals surface area contributed by atoms with E-state index in [0.29, 0.717) is 0 Å². The lowest BCUT2D eigenvalue weighted by atomic mass is 9.91. The maximum absolute atomic E-state index is 5.43. The van der Waals surface area contributed by atoms with Crippen LogP contribution in [0.1, 0.15) is 52.9 Å². The van der Waals surface area contributed by atoms with Gasteiger partial charge in [0.2, 0.25) is 0 Å². The Morgan fingerprint density at radius 2 is 2.00 bits per heavy atom. The van der Waals surface area contributed by atoms with E-state index in [0.717, 1.165) is 31.0 Å². The van der Waals surface area contributed by atoms with Crippen LogP contribution in [-0.4, -0.2) is 26.3 Å². The van der Waals surface area contributed by atoms with Crippen LogP contribution in [0.3, 0.4) is 0 Å². The fourth-order valence-electron chi connectivity index (χ4n) is 2.91. The highest BCUT2D eigenvalue weighted by Crippen LogP contribution is 2.34. The molecule has 1 aliphatic carbocycles. The molecule has 0 amide bonds. The van der Waals surface area contributed by atoms with Crippen LogP contribution >= 0.6 is 0 Å². The number of ether oxygens (including phenoxy) is 1. The van der Waals surface area contributed by atoms with Crippen molar-refractivity contribution in [1.82, 2.24) is 5.32 Å². The molecule has 1 aliphatic rings. The predicted molar refractivity (Wildman–Crippen MR) is 74.3 cm³/mol. The normalized spacial score (nSPS) is 24.7. The van der Waals surface area contributed by atoms with E-state index in [2.05, 4.69) is 26.1 Å². The zero-order chi connectivity index (χ0) is 12.5. The first-order valence-electron chi connectivity index (χ1n) is 7.52. The van der Waals surface area contributed by atoms with E-state index in [-0.39, 0.29) is 0 Å². The van der Waals surface area contributed by atoms with Crippen molar-refractivity contribution in [2.24, 2.45) is 17.8 Å². The van der Waals surface area contributed by atoms with Gasteiger partial charge in [0.1, 0.15) is 0 Å². The summed E-state index contributed by atoms with van der Waals surface area (Å²) in [7, 11) is 0. The molecule has 2 heteroatoms. The predicted octanol–water partition coefficient (Wildman–Crippen LogP) is 3.47. The second-order valence-corrected chi connectivity index (χ2v) is 5.84. The van der Waals surface area contributed by atoms with Gasteiger partial charge in [-0.15, -0.1) is 0 Å². The third kappa shape index (κ3) is 6.42. The van der Waals surface area contributed by atoms with Crippen LogP contribution in [-0.2, 0) is 4.74 Å². The van der Waals surface area contributed by atoms with E-state index in [1.165, 1.54) is 45.2 Å². The lowest BCUT2D eigenvalue weighted by molar-refractivity contribution is 0.137. The minimum absolute atomic E-state index is 0.771. The lowest BCUT2D eigenvalue weighted by Crippen LogP contribution is -2.28. The SMILES string of the molecule is CCOCCCC1CCCC1CNCC(C)C. The van der Waals surface area contributed by atoms with E-state index < -0.39 is 0 Å². The van der Waals surface area contributed by atoms with Gasteiger partial charge < -0.3 is 10.1 Å². The minimum atomic E-state index is 0.771. The molecule has 1 N–H and O–H groups in total. The van der Waals surface area contributed by atoms with Crippen LogP contribution in [0.25, 0.3) is 0 Å². The smallest absolute Gasteiger partial charge is 0.0465 e. The average molecular weight is 241 g/mol. The van der Waals surface area contributed by atoms with Gasteiger partial charge in [0.25, 0.3) is 0 Å². The summed E-state index contributed by atoms with van der Waals surface area (Å²) in [5.41, 5.74) is 0. The van der Waals surface area contributed by atoms with Crippen LogP contribution < -0.4 is 5.32 Å². The Kier molecular flexibility index (Phi) is 7.87. The monoisotopic (exact) mass is 241 g/mol. The van der Waals surface area contributed by atoms with E-state index in [1.807, 2.05) is 0 Å². The highest BCUT2D eigenvalue weighted by atomic mass is 16.5. The molecule has 0 bridgehead atoms. The first kappa shape index (κ1) is 15.0. The molecule has 17 heavy (non-hydrogen) atoms. The third-order valence-corrected chi connectivity index (χ3v) is 3.84. The Bertz CT molecular complexity index is 182. The standard InChI is InChI=1S/C15H31NO/c1-4-17-10-6-9-14-7-5-8-15(14)12-16-11-13(2)3/h13-16H,4-12H2,1-3H3. The topological polar surface area (TPSA) is 21.3 Å². The van der Waals surface area contributed by atoms with E-state index in [4.69, 9.17) is 4.74 Å². The first-order valence-corrected chi connectivity index (χ1v) is 7.52. The van der Waals surface area contributed by atoms with Gasteiger partial charge in [-0.1, -0.05) is 26.7 Å². The molecule has 1 rings (SSSR count). The van der Waals surface area contributed by atoms with Gasteiger partial charge in [0.05, 0.1) is 0 Å². The molecule has 0 spiro atoms. The van der Waals surface area contributed by atoms with Gasteiger partial charge in [-0.3, -0.25) is 0 Å². The molecule has 0 aromatic heterocycles. The maximum Gasteiger partial charge on any atom is 0.0465 e. The maximum atomic E-state index is 5.43. The van der Waals surface area contributed by atoms with Gasteiger partial charge in [0.15, 0.2) is 0 Å². The minimum Gasteiger partial charge on any atom is -0.382 e. The molecule has 0 heterocycles. The molecule has 0 aromatic rings. The summed E-state index contributed by atoms with van der Waals surface area (Å²) in [4.78, 5) is 0. The summed E-state index contributed by atoms with van der Waals surface area (Å²) in [6, 6.07) is 0. The van der Waals surface area contributed by atoms with Crippen molar-refractivity contribution in [3.63, 3.8) is 0 Å². The summed E-state index contributed by atoms with van der Waals surface area (Å²) >= 11 is 0. The molecule has 2 unspecified atom stereocenters. The largest absolute Gasteiger partial charge is 0.382 e. The fourth-order valence-corrected chi connectivity index (χ4v) is 2.91. The summed E-state index contributed by atoms with van der Waals surface area (Å²) in [5.74, 6) is 2.65.